The van der Waals surface area contributed by atoms with Crippen LogP contribution in [0.25, 0.3) is 0 Å². The topological polar surface area (TPSA) is 72.8 Å². The van der Waals surface area contributed by atoms with Crippen molar-refractivity contribution in [3.8, 4) is 0 Å². The van der Waals surface area contributed by atoms with Crippen molar-refractivity contribution in [3.05, 3.63) is 0 Å². The van der Waals surface area contributed by atoms with Gasteiger partial charge in [-0.15, -0.1) is 0 Å². The average Bonchev–Trinajstić information content (AvgIpc) is 2.81. The minimum absolute atomic E-state index is 0.0475. The third-order valence-electron chi connectivity index (χ3n) is 3.94. The molecule has 6 heteroatoms. The maximum Gasteiger partial charge on any atom is 0.160 e. The van der Waals surface area contributed by atoms with E-state index in [4.69, 9.17) is 9.47 Å². The number of aliphatic hydroxyl groups excluding tert-OH is 1. The first-order valence-electron chi connectivity index (χ1n) is 6.57. The molecule has 1 N–H and O–H groups in total. The van der Waals surface area contributed by atoms with E-state index in [1.54, 1.807) is 0 Å². The van der Waals surface area contributed by atoms with Gasteiger partial charge in [0, 0.05) is 12.7 Å². The second kappa shape index (κ2) is 5.86. The lowest BCUT2D eigenvalue weighted by molar-refractivity contribution is -0.0815. The van der Waals surface area contributed by atoms with Crippen LogP contribution in [-0.2, 0) is 19.3 Å². The van der Waals surface area contributed by atoms with Crippen molar-refractivity contribution in [2.45, 2.75) is 49.7 Å². The molecule has 3 atom stereocenters. The largest absolute Gasteiger partial charge is 0.393 e. The Kier molecular flexibility index (Phi) is 4.64. The molecule has 1 heterocycles. The van der Waals surface area contributed by atoms with Crippen LogP contribution in [0, 0.1) is 5.92 Å². The number of aliphatic hydroxyl groups is 1. The molecule has 2 rings (SSSR count). The Labute approximate surface area is 108 Å². The lowest BCUT2D eigenvalue weighted by Gasteiger charge is -2.31. The molecule has 2 fully saturated rings. The van der Waals surface area contributed by atoms with E-state index in [1.807, 2.05) is 0 Å². The van der Waals surface area contributed by atoms with Crippen LogP contribution >= 0.6 is 0 Å². The highest BCUT2D eigenvalue weighted by molar-refractivity contribution is 7.91. The Morgan fingerprint density at radius 2 is 1.94 bits per heavy atom. The van der Waals surface area contributed by atoms with Crippen LogP contribution in [0.1, 0.15) is 32.1 Å². The first-order valence-corrected chi connectivity index (χ1v) is 8.52. The molecule has 0 aromatic heterocycles. The molecule has 18 heavy (non-hydrogen) atoms. The zero-order chi connectivity index (χ0) is 13.2. The molecular formula is C12H22O5S. The van der Waals surface area contributed by atoms with Gasteiger partial charge < -0.3 is 14.6 Å². The van der Waals surface area contributed by atoms with E-state index in [0.717, 1.165) is 19.3 Å². The molecule has 1 aliphatic heterocycles. The van der Waals surface area contributed by atoms with Crippen molar-refractivity contribution in [2.75, 3.05) is 19.5 Å². The maximum atomic E-state index is 11.6. The van der Waals surface area contributed by atoms with Gasteiger partial charge in [-0.1, -0.05) is 6.42 Å². The molecule has 106 valence electrons. The molecule has 0 bridgehead atoms. The van der Waals surface area contributed by atoms with E-state index >= 15 is 0 Å². The van der Waals surface area contributed by atoms with Gasteiger partial charge in [-0.05, 0) is 25.2 Å². The molecule has 0 spiro atoms. The number of sulfone groups is 1. The SMILES string of the molecule is CS(=O)(=O)C1CCCC(C(O)CC2OCCO2)C1. The zero-order valence-electron chi connectivity index (χ0n) is 10.7. The van der Waals surface area contributed by atoms with Crippen molar-refractivity contribution >= 4 is 9.84 Å². The van der Waals surface area contributed by atoms with Gasteiger partial charge in [0.15, 0.2) is 6.29 Å². The molecule has 0 aromatic carbocycles. The Morgan fingerprint density at radius 1 is 1.28 bits per heavy atom. The Morgan fingerprint density at radius 3 is 2.56 bits per heavy atom. The predicted molar refractivity (Wildman–Crippen MR) is 66.9 cm³/mol. The third-order valence-corrected chi connectivity index (χ3v) is 5.58. The van der Waals surface area contributed by atoms with Crippen LogP contribution in [0.4, 0.5) is 0 Å². The third kappa shape index (κ3) is 3.66. The molecule has 0 aromatic rings. The monoisotopic (exact) mass is 278 g/mol. The first-order chi connectivity index (χ1) is 8.47. The summed E-state index contributed by atoms with van der Waals surface area (Å²) in [6.07, 6.45) is 3.92. The number of rotatable bonds is 4. The molecule has 5 nitrogen and oxygen atoms in total. The lowest BCUT2D eigenvalue weighted by Crippen LogP contribution is -2.35. The van der Waals surface area contributed by atoms with E-state index in [-0.39, 0.29) is 17.5 Å². The van der Waals surface area contributed by atoms with Crippen molar-refractivity contribution in [1.82, 2.24) is 0 Å². The number of hydrogen-bond acceptors (Lipinski definition) is 5. The zero-order valence-corrected chi connectivity index (χ0v) is 11.6. The average molecular weight is 278 g/mol. The minimum Gasteiger partial charge on any atom is -0.393 e. The standard InChI is InChI=1S/C12H22O5S/c1-18(14,15)10-4-2-3-9(7-10)11(13)8-12-16-5-6-17-12/h9-13H,2-8H2,1H3. The van der Waals surface area contributed by atoms with Gasteiger partial charge in [0.1, 0.15) is 9.84 Å². The Balaban J connectivity index is 1.87. The summed E-state index contributed by atoms with van der Waals surface area (Å²) in [6.45, 7) is 1.15. The van der Waals surface area contributed by atoms with Crippen LogP contribution in [0.2, 0.25) is 0 Å². The molecule has 2 aliphatic rings. The van der Waals surface area contributed by atoms with Crippen molar-refractivity contribution in [2.24, 2.45) is 5.92 Å². The van der Waals surface area contributed by atoms with E-state index in [9.17, 15) is 13.5 Å². The van der Waals surface area contributed by atoms with E-state index in [2.05, 4.69) is 0 Å². The smallest absolute Gasteiger partial charge is 0.160 e. The summed E-state index contributed by atoms with van der Waals surface area (Å²) in [7, 11) is -2.99. The van der Waals surface area contributed by atoms with Crippen molar-refractivity contribution in [1.29, 1.82) is 0 Å². The number of ether oxygens (including phenoxy) is 2. The second-order valence-corrected chi connectivity index (χ2v) is 7.68. The van der Waals surface area contributed by atoms with Crippen LogP contribution in [-0.4, -0.2) is 50.6 Å². The van der Waals surface area contributed by atoms with Gasteiger partial charge in [-0.3, -0.25) is 0 Å². The van der Waals surface area contributed by atoms with Gasteiger partial charge in [-0.2, -0.15) is 0 Å². The molecule has 3 unspecified atom stereocenters. The lowest BCUT2D eigenvalue weighted by atomic mass is 9.84. The quantitative estimate of drug-likeness (QED) is 0.820. The van der Waals surface area contributed by atoms with E-state index < -0.39 is 15.9 Å². The summed E-state index contributed by atoms with van der Waals surface area (Å²) < 4.78 is 33.8. The fraction of sp³-hybridized carbons (Fsp3) is 1.00. The molecule has 1 aliphatic carbocycles. The van der Waals surface area contributed by atoms with Crippen LogP contribution in [0.15, 0.2) is 0 Å². The van der Waals surface area contributed by atoms with Crippen LogP contribution in [0.3, 0.4) is 0 Å². The fourth-order valence-corrected chi connectivity index (χ4v) is 4.04. The van der Waals surface area contributed by atoms with Gasteiger partial charge in [0.2, 0.25) is 0 Å². The summed E-state index contributed by atoms with van der Waals surface area (Å²) in [5.74, 6) is 0.0475. The maximum absolute atomic E-state index is 11.6. The highest BCUT2D eigenvalue weighted by atomic mass is 32.2. The minimum atomic E-state index is -2.99. The molecule has 1 saturated heterocycles. The van der Waals surface area contributed by atoms with Gasteiger partial charge >= 0.3 is 0 Å². The fourth-order valence-electron chi connectivity index (χ4n) is 2.85. The summed E-state index contributed by atoms with van der Waals surface area (Å²) in [5.41, 5.74) is 0. The van der Waals surface area contributed by atoms with Crippen LogP contribution in [0.5, 0.6) is 0 Å². The van der Waals surface area contributed by atoms with E-state index in [0.29, 0.717) is 26.1 Å². The summed E-state index contributed by atoms with van der Waals surface area (Å²) in [6, 6.07) is 0. The summed E-state index contributed by atoms with van der Waals surface area (Å²) in [4.78, 5) is 0. The van der Waals surface area contributed by atoms with Gasteiger partial charge in [0.25, 0.3) is 0 Å². The summed E-state index contributed by atoms with van der Waals surface area (Å²) in [5, 5.41) is 9.87. The molecule has 1 saturated carbocycles. The van der Waals surface area contributed by atoms with Gasteiger partial charge in [-0.25, -0.2) is 8.42 Å². The van der Waals surface area contributed by atoms with Crippen LogP contribution < -0.4 is 0 Å². The van der Waals surface area contributed by atoms with Gasteiger partial charge in [0.05, 0.1) is 24.6 Å². The molecule has 0 radical (unpaired) electrons. The highest BCUT2D eigenvalue weighted by Crippen LogP contribution is 2.32. The summed E-state index contributed by atoms with van der Waals surface area (Å²) >= 11 is 0. The number of hydrogen-bond donors (Lipinski definition) is 1. The Hall–Kier alpha value is -0.170. The van der Waals surface area contributed by atoms with E-state index in [1.165, 1.54) is 6.26 Å². The first kappa shape index (κ1) is 14.2. The Bertz CT molecular complexity index is 361. The van der Waals surface area contributed by atoms with Crippen molar-refractivity contribution < 1.29 is 23.0 Å². The highest BCUT2D eigenvalue weighted by Gasteiger charge is 2.34. The van der Waals surface area contributed by atoms with Crippen molar-refractivity contribution in [3.63, 3.8) is 0 Å². The normalized spacial score (nSPS) is 32.6. The second-order valence-electron chi connectivity index (χ2n) is 5.35. The predicted octanol–water partition coefficient (Wildman–Crippen LogP) is 0.714. The molecular weight excluding hydrogens is 256 g/mol. The molecule has 0 amide bonds.